The van der Waals surface area contributed by atoms with E-state index in [0.29, 0.717) is 23.1 Å². The smallest absolute Gasteiger partial charge is 0.276 e. The molecular weight excluding hydrogens is 328 g/mol. The minimum atomic E-state index is -0.307. The van der Waals surface area contributed by atoms with Gasteiger partial charge in [-0.1, -0.05) is 11.6 Å². The molecule has 0 aliphatic carbocycles. The van der Waals surface area contributed by atoms with Crippen molar-refractivity contribution in [2.75, 3.05) is 23.8 Å². The molecular formula is C17H19ClN4O2. The Labute approximate surface area is 145 Å². The lowest BCUT2D eigenvalue weighted by Crippen LogP contribution is -2.20. The van der Waals surface area contributed by atoms with Gasteiger partial charge in [0, 0.05) is 23.9 Å². The fourth-order valence-electron chi connectivity index (χ4n) is 2.53. The molecule has 0 bridgehead atoms. The lowest BCUT2D eigenvalue weighted by molar-refractivity contribution is 0.102. The minimum Gasteiger partial charge on any atom is -0.376 e. The number of hydrogen-bond acceptors (Lipinski definition) is 5. The molecule has 126 valence electrons. The van der Waals surface area contributed by atoms with Gasteiger partial charge in [0.25, 0.3) is 5.91 Å². The van der Waals surface area contributed by atoms with Crippen molar-refractivity contribution in [3.63, 3.8) is 0 Å². The van der Waals surface area contributed by atoms with E-state index in [-0.39, 0.29) is 17.7 Å². The van der Waals surface area contributed by atoms with Gasteiger partial charge in [0.05, 0.1) is 6.10 Å². The first kappa shape index (κ1) is 16.7. The van der Waals surface area contributed by atoms with Crippen molar-refractivity contribution < 1.29 is 9.53 Å². The maximum absolute atomic E-state index is 12.2. The van der Waals surface area contributed by atoms with Crippen LogP contribution in [0.5, 0.6) is 0 Å². The van der Waals surface area contributed by atoms with E-state index in [9.17, 15) is 4.79 Å². The Balaban J connectivity index is 1.58. The van der Waals surface area contributed by atoms with E-state index >= 15 is 0 Å². The third-order valence-electron chi connectivity index (χ3n) is 3.87. The standard InChI is InChI=1S/C17H19ClN4O2/c1-11-9-12(18)4-5-14(11)20-17(23)15-6-7-16(22-21-15)19-10-13-3-2-8-24-13/h4-7,9,13H,2-3,8,10H2,1H3,(H,19,22)(H,20,23). The molecule has 0 radical (unpaired) electrons. The normalized spacial score (nSPS) is 16.8. The maximum Gasteiger partial charge on any atom is 0.276 e. The molecule has 2 aromatic rings. The fourth-order valence-corrected chi connectivity index (χ4v) is 2.75. The largest absolute Gasteiger partial charge is 0.376 e. The van der Waals surface area contributed by atoms with Crippen LogP contribution in [0, 0.1) is 6.92 Å². The summed E-state index contributed by atoms with van der Waals surface area (Å²) in [7, 11) is 0. The van der Waals surface area contributed by atoms with Crippen molar-refractivity contribution in [2.24, 2.45) is 0 Å². The highest BCUT2D eigenvalue weighted by atomic mass is 35.5. The number of ether oxygens (including phenoxy) is 1. The van der Waals surface area contributed by atoms with Crippen LogP contribution in [0.4, 0.5) is 11.5 Å². The highest BCUT2D eigenvalue weighted by molar-refractivity contribution is 6.30. The second-order valence-corrected chi connectivity index (χ2v) is 6.17. The summed E-state index contributed by atoms with van der Waals surface area (Å²) in [6.07, 6.45) is 2.38. The predicted molar refractivity (Wildman–Crippen MR) is 93.6 cm³/mol. The average Bonchev–Trinajstić information content (AvgIpc) is 3.09. The van der Waals surface area contributed by atoms with Gasteiger partial charge in [-0.3, -0.25) is 4.79 Å². The van der Waals surface area contributed by atoms with Gasteiger partial charge in [0.1, 0.15) is 5.82 Å². The summed E-state index contributed by atoms with van der Waals surface area (Å²) in [5.74, 6) is 0.323. The Morgan fingerprint density at radius 2 is 2.21 bits per heavy atom. The summed E-state index contributed by atoms with van der Waals surface area (Å²) in [4.78, 5) is 12.2. The van der Waals surface area contributed by atoms with Crippen LogP contribution in [0.3, 0.4) is 0 Å². The Morgan fingerprint density at radius 3 is 2.88 bits per heavy atom. The molecule has 24 heavy (non-hydrogen) atoms. The number of amides is 1. The van der Waals surface area contributed by atoms with Crippen molar-refractivity contribution in [1.82, 2.24) is 10.2 Å². The van der Waals surface area contributed by atoms with E-state index in [1.807, 2.05) is 6.92 Å². The number of nitrogens with zero attached hydrogens (tertiary/aromatic N) is 2. The molecule has 2 heterocycles. The molecule has 7 heteroatoms. The lowest BCUT2D eigenvalue weighted by Gasteiger charge is -2.11. The van der Waals surface area contributed by atoms with Crippen LogP contribution in [0.25, 0.3) is 0 Å². The molecule has 1 unspecified atom stereocenters. The Kier molecular flexibility index (Phi) is 5.27. The average molecular weight is 347 g/mol. The highest BCUT2D eigenvalue weighted by Crippen LogP contribution is 2.20. The van der Waals surface area contributed by atoms with Gasteiger partial charge in [-0.15, -0.1) is 10.2 Å². The summed E-state index contributed by atoms with van der Waals surface area (Å²) in [5.41, 5.74) is 1.84. The van der Waals surface area contributed by atoms with Gasteiger partial charge in [-0.05, 0) is 55.7 Å². The second-order valence-electron chi connectivity index (χ2n) is 5.73. The number of aromatic nitrogens is 2. The van der Waals surface area contributed by atoms with E-state index in [1.54, 1.807) is 30.3 Å². The Morgan fingerprint density at radius 1 is 1.33 bits per heavy atom. The van der Waals surface area contributed by atoms with Crippen molar-refractivity contribution in [2.45, 2.75) is 25.9 Å². The Hall–Kier alpha value is -2.18. The number of carbonyl (C=O) groups excluding carboxylic acids is 1. The minimum absolute atomic E-state index is 0.225. The topological polar surface area (TPSA) is 76.1 Å². The second kappa shape index (κ2) is 7.59. The highest BCUT2D eigenvalue weighted by Gasteiger charge is 2.15. The van der Waals surface area contributed by atoms with E-state index in [2.05, 4.69) is 20.8 Å². The van der Waals surface area contributed by atoms with Crippen molar-refractivity contribution in [1.29, 1.82) is 0 Å². The van der Waals surface area contributed by atoms with E-state index in [4.69, 9.17) is 16.3 Å². The van der Waals surface area contributed by atoms with Crippen LogP contribution in [0.1, 0.15) is 28.9 Å². The number of benzene rings is 1. The monoisotopic (exact) mass is 346 g/mol. The quantitative estimate of drug-likeness (QED) is 0.868. The molecule has 1 aliphatic heterocycles. The van der Waals surface area contributed by atoms with E-state index in [1.165, 1.54) is 0 Å². The number of aryl methyl sites for hydroxylation is 1. The molecule has 1 atom stereocenters. The summed E-state index contributed by atoms with van der Waals surface area (Å²) < 4.78 is 5.54. The number of nitrogens with one attached hydrogen (secondary N) is 2. The number of anilines is 2. The first-order valence-corrected chi connectivity index (χ1v) is 8.26. The number of halogens is 1. The molecule has 1 aromatic carbocycles. The zero-order valence-corrected chi connectivity index (χ0v) is 14.1. The van der Waals surface area contributed by atoms with Crippen molar-refractivity contribution in [3.05, 3.63) is 46.6 Å². The Bertz CT molecular complexity index is 715. The van der Waals surface area contributed by atoms with Gasteiger partial charge in [-0.25, -0.2) is 0 Å². The van der Waals surface area contributed by atoms with Gasteiger partial charge < -0.3 is 15.4 Å². The third kappa shape index (κ3) is 4.21. The lowest BCUT2D eigenvalue weighted by atomic mass is 10.2. The molecule has 1 aromatic heterocycles. The maximum atomic E-state index is 12.2. The molecule has 1 saturated heterocycles. The fraction of sp³-hybridized carbons (Fsp3) is 0.353. The molecule has 3 rings (SSSR count). The summed E-state index contributed by atoms with van der Waals surface area (Å²) >= 11 is 5.91. The molecule has 0 spiro atoms. The summed E-state index contributed by atoms with van der Waals surface area (Å²) in [6, 6.07) is 8.67. The van der Waals surface area contributed by atoms with E-state index < -0.39 is 0 Å². The molecule has 1 fully saturated rings. The van der Waals surface area contributed by atoms with Gasteiger partial charge in [0.2, 0.25) is 0 Å². The predicted octanol–water partition coefficient (Wildman–Crippen LogP) is 3.28. The van der Waals surface area contributed by atoms with Crippen LogP contribution < -0.4 is 10.6 Å². The van der Waals surface area contributed by atoms with Crippen LogP contribution in [0.15, 0.2) is 30.3 Å². The van der Waals surface area contributed by atoms with Crippen LogP contribution >= 0.6 is 11.6 Å². The molecule has 0 saturated carbocycles. The molecule has 1 aliphatic rings. The van der Waals surface area contributed by atoms with Crippen LogP contribution in [0.2, 0.25) is 5.02 Å². The van der Waals surface area contributed by atoms with Gasteiger partial charge in [-0.2, -0.15) is 0 Å². The first-order chi connectivity index (χ1) is 11.6. The van der Waals surface area contributed by atoms with E-state index in [0.717, 1.165) is 25.0 Å². The molecule has 6 nitrogen and oxygen atoms in total. The number of carbonyl (C=O) groups is 1. The first-order valence-electron chi connectivity index (χ1n) is 7.88. The van der Waals surface area contributed by atoms with Crippen molar-refractivity contribution >= 4 is 29.0 Å². The molecule has 2 N–H and O–H groups in total. The number of hydrogen-bond donors (Lipinski definition) is 2. The zero-order chi connectivity index (χ0) is 16.9. The zero-order valence-electron chi connectivity index (χ0n) is 13.4. The number of rotatable bonds is 5. The SMILES string of the molecule is Cc1cc(Cl)ccc1NC(=O)c1ccc(NCC2CCCO2)nn1. The van der Waals surface area contributed by atoms with Crippen LogP contribution in [-0.2, 0) is 4.74 Å². The van der Waals surface area contributed by atoms with Gasteiger partial charge in [0.15, 0.2) is 5.69 Å². The van der Waals surface area contributed by atoms with Crippen molar-refractivity contribution in [3.8, 4) is 0 Å². The summed E-state index contributed by atoms with van der Waals surface area (Å²) in [5, 5.41) is 14.6. The van der Waals surface area contributed by atoms with Gasteiger partial charge >= 0.3 is 0 Å². The van der Waals surface area contributed by atoms with Crippen LogP contribution in [-0.4, -0.2) is 35.4 Å². The molecule has 1 amide bonds. The summed E-state index contributed by atoms with van der Waals surface area (Å²) in [6.45, 7) is 3.40. The third-order valence-corrected chi connectivity index (χ3v) is 4.10.